The summed E-state index contributed by atoms with van der Waals surface area (Å²) < 4.78 is 11.1. The van der Waals surface area contributed by atoms with E-state index in [0.717, 1.165) is 34.3 Å². The molecule has 4 heteroatoms. The van der Waals surface area contributed by atoms with Crippen LogP contribution in [0, 0.1) is 13.8 Å². The third-order valence-corrected chi connectivity index (χ3v) is 4.88. The number of furan rings is 1. The number of para-hydroxylation sites is 1. The van der Waals surface area contributed by atoms with Crippen LogP contribution in [0.2, 0.25) is 0 Å². The summed E-state index contributed by atoms with van der Waals surface area (Å²) in [5.41, 5.74) is 5.11. The summed E-state index contributed by atoms with van der Waals surface area (Å²) in [4.78, 5) is 12.7. The molecule has 0 aliphatic rings. The summed E-state index contributed by atoms with van der Waals surface area (Å²) in [6.07, 6.45) is 2.77. The number of hydrogen-bond donors (Lipinski definition) is 1. The number of ether oxygens (including phenoxy) is 1. The van der Waals surface area contributed by atoms with E-state index in [0.29, 0.717) is 6.42 Å². The zero-order chi connectivity index (χ0) is 18.7. The number of nitrogens with one attached hydrogen (secondary N) is 1. The summed E-state index contributed by atoms with van der Waals surface area (Å²) in [7, 11) is 1.65. The number of rotatable bonds is 6. The molecule has 0 aliphatic carbocycles. The minimum absolute atomic E-state index is 0.0244. The Bertz CT molecular complexity index is 926. The molecule has 3 rings (SSSR count). The average molecular weight is 351 g/mol. The van der Waals surface area contributed by atoms with Gasteiger partial charge in [0.1, 0.15) is 11.3 Å². The highest BCUT2D eigenvalue weighted by Crippen LogP contribution is 2.28. The summed E-state index contributed by atoms with van der Waals surface area (Å²) in [5, 5.41) is 4.13. The molecule has 0 saturated carbocycles. The van der Waals surface area contributed by atoms with Gasteiger partial charge in [0.05, 0.1) is 25.8 Å². The zero-order valence-corrected chi connectivity index (χ0v) is 15.8. The Morgan fingerprint density at radius 3 is 2.65 bits per heavy atom. The van der Waals surface area contributed by atoms with Crippen molar-refractivity contribution in [2.24, 2.45) is 0 Å². The molecule has 1 atom stereocenters. The standard InChI is InChI=1S/C22H25NO3/c1-5-19(17-8-6-7-9-20(17)25-4)23-22(24)12-16-13-26-21-11-15(3)14(2)10-18(16)21/h6-11,13,19H,5,12H2,1-4H3,(H,23,24). The van der Waals surface area contributed by atoms with Crippen LogP contribution in [-0.4, -0.2) is 13.0 Å². The van der Waals surface area contributed by atoms with Gasteiger partial charge in [0.2, 0.25) is 5.91 Å². The second-order valence-electron chi connectivity index (χ2n) is 6.64. The highest BCUT2D eigenvalue weighted by Gasteiger charge is 2.18. The van der Waals surface area contributed by atoms with Gasteiger partial charge in [0.15, 0.2) is 0 Å². The van der Waals surface area contributed by atoms with Crippen molar-refractivity contribution < 1.29 is 13.9 Å². The van der Waals surface area contributed by atoms with Gasteiger partial charge < -0.3 is 14.5 Å². The largest absolute Gasteiger partial charge is 0.496 e. The smallest absolute Gasteiger partial charge is 0.225 e. The molecule has 4 nitrogen and oxygen atoms in total. The SMILES string of the molecule is CCC(NC(=O)Cc1coc2cc(C)c(C)cc12)c1ccccc1OC. The van der Waals surface area contributed by atoms with Crippen molar-refractivity contribution in [3.05, 3.63) is 64.9 Å². The van der Waals surface area contributed by atoms with E-state index in [1.54, 1.807) is 13.4 Å². The minimum atomic E-state index is -0.0826. The maximum Gasteiger partial charge on any atom is 0.225 e. The first-order valence-electron chi connectivity index (χ1n) is 8.93. The van der Waals surface area contributed by atoms with Crippen molar-refractivity contribution in [3.63, 3.8) is 0 Å². The molecule has 0 bridgehead atoms. The number of amides is 1. The van der Waals surface area contributed by atoms with Crippen LogP contribution >= 0.6 is 0 Å². The monoisotopic (exact) mass is 351 g/mol. The van der Waals surface area contributed by atoms with Gasteiger partial charge in [-0.2, -0.15) is 0 Å². The van der Waals surface area contributed by atoms with Gasteiger partial charge in [-0.1, -0.05) is 25.1 Å². The quantitative estimate of drug-likeness (QED) is 0.689. The molecule has 1 N–H and O–H groups in total. The lowest BCUT2D eigenvalue weighted by Gasteiger charge is -2.19. The van der Waals surface area contributed by atoms with Gasteiger partial charge in [-0.05, 0) is 49.6 Å². The Kier molecular flexibility index (Phi) is 5.31. The maximum absolute atomic E-state index is 12.7. The van der Waals surface area contributed by atoms with Crippen molar-refractivity contribution >= 4 is 16.9 Å². The molecular weight excluding hydrogens is 326 g/mol. The van der Waals surface area contributed by atoms with Crippen molar-refractivity contribution in [1.82, 2.24) is 5.32 Å². The van der Waals surface area contributed by atoms with Crippen molar-refractivity contribution in [2.75, 3.05) is 7.11 Å². The average Bonchev–Trinajstić information content (AvgIpc) is 3.01. The van der Waals surface area contributed by atoms with E-state index in [1.165, 1.54) is 11.1 Å². The van der Waals surface area contributed by atoms with Crippen LogP contribution < -0.4 is 10.1 Å². The third-order valence-electron chi connectivity index (χ3n) is 4.88. The summed E-state index contributed by atoms with van der Waals surface area (Å²) >= 11 is 0. The van der Waals surface area contributed by atoms with Crippen LogP contribution in [0.3, 0.4) is 0 Å². The molecule has 1 heterocycles. The van der Waals surface area contributed by atoms with Crippen molar-refractivity contribution in [2.45, 2.75) is 39.7 Å². The second-order valence-corrected chi connectivity index (χ2v) is 6.64. The van der Waals surface area contributed by atoms with E-state index in [4.69, 9.17) is 9.15 Å². The lowest BCUT2D eigenvalue weighted by Crippen LogP contribution is -2.29. The molecular formula is C22H25NO3. The van der Waals surface area contributed by atoms with Crippen LogP contribution in [0.5, 0.6) is 5.75 Å². The molecule has 2 aromatic carbocycles. The Hall–Kier alpha value is -2.75. The predicted octanol–water partition coefficient (Wildman–Crippen LogP) is 4.87. The van der Waals surface area contributed by atoms with Gasteiger partial charge in [0, 0.05) is 16.5 Å². The number of carbonyl (C=O) groups excluding carboxylic acids is 1. The van der Waals surface area contributed by atoms with Gasteiger partial charge in [0.25, 0.3) is 0 Å². The van der Waals surface area contributed by atoms with Crippen LogP contribution in [0.1, 0.15) is 41.6 Å². The number of carbonyl (C=O) groups is 1. The Morgan fingerprint density at radius 1 is 1.19 bits per heavy atom. The Morgan fingerprint density at radius 2 is 1.92 bits per heavy atom. The first kappa shape index (κ1) is 18.1. The first-order valence-corrected chi connectivity index (χ1v) is 8.93. The van der Waals surface area contributed by atoms with Gasteiger partial charge in [-0.25, -0.2) is 0 Å². The fraction of sp³-hybridized carbons (Fsp3) is 0.318. The molecule has 0 spiro atoms. The molecule has 3 aromatic rings. The number of hydrogen-bond acceptors (Lipinski definition) is 3. The van der Waals surface area contributed by atoms with Crippen molar-refractivity contribution in [3.8, 4) is 5.75 Å². The Balaban J connectivity index is 1.79. The summed E-state index contributed by atoms with van der Waals surface area (Å²) in [5.74, 6) is 0.767. The number of methoxy groups -OCH3 is 1. The second kappa shape index (κ2) is 7.65. The number of aryl methyl sites for hydroxylation is 2. The molecule has 26 heavy (non-hydrogen) atoms. The van der Waals surface area contributed by atoms with Crippen LogP contribution in [0.25, 0.3) is 11.0 Å². The Labute approximate surface area is 154 Å². The summed E-state index contributed by atoms with van der Waals surface area (Å²) in [6, 6.07) is 11.8. The fourth-order valence-corrected chi connectivity index (χ4v) is 3.25. The van der Waals surface area contributed by atoms with E-state index >= 15 is 0 Å². The fourth-order valence-electron chi connectivity index (χ4n) is 3.25. The predicted molar refractivity (Wildman–Crippen MR) is 104 cm³/mol. The minimum Gasteiger partial charge on any atom is -0.496 e. The molecule has 0 aliphatic heterocycles. The highest BCUT2D eigenvalue weighted by molar-refractivity contribution is 5.88. The topological polar surface area (TPSA) is 51.5 Å². The molecule has 0 saturated heterocycles. The van der Waals surface area contributed by atoms with Crippen molar-refractivity contribution in [1.29, 1.82) is 0 Å². The normalized spacial score (nSPS) is 12.2. The van der Waals surface area contributed by atoms with E-state index in [1.807, 2.05) is 30.3 Å². The number of fused-ring (bicyclic) bond motifs is 1. The van der Waals surface area contributed by atoms with E-state index in [9.17, 15) is 4.79 Å². The molecule has 1 unspecified atom stereocenters. The van der Waals surface area contributed by atoms with E-state index in [-0.39, 0.29) is 11.9 Å². The van der Waals surface area contributed by atoms with Gasteiger partial charge >= 0.3 is 0 Å². The third kappa shape index (κ3) is 3.59. The zero-order valence-electron chi connectivity index (χ0n) is 15.8. The van der Waals surface area contributed by atoms with E-state index < -0.39 is 0 Å². The molecule has 136 valence electrons. The lowest BCUT2D eigenvalue weighted by molar-refractivity contribution is -0.121. The number of benzene rings is 2. The molecule has 0 fully saturated rings. The van der Waals surface area contributed by atoms with Crippen LogP contribution in [0.4, 0.5) is 0 Å². The van der Waals surface area contributed by atoms with Gasteiger partial charge in [-0.3, -0.25) is 4.79 Å². The van der Waals surface area contributed by atoms with Crippen LogP contribution in [0.15, 0.2) is 47.1 Å². The van der Waals surface area contributed by atoms with E-state index in [2.05, 4.69) is 32.2 Å². The lowest BCUT2D eigenvalue weighted by atomic mass is 10.0. The summed E-state index contributed by atoms with van der Waals surface area (Å²) in [6.45, 7) is 6.18. The first-order chi connectivity index (χ1) is 12.5. The molecule has 1 aromatic heterocycles. The van der Waals surface area contributed by atoms with Crippen LogP contribution in [-0.2, 0) is 11.2 Å². The molecule has 0 radical (unpaired) electrons. The highest BCUT2D eigenvalue weighted by atomic mass is 16.5. The molecule has 1 amide bonds. The van der Waals surface area contributed by atoms with Gasteiger partial charge in [-0.15, -0.1) is 0 Å². The maximum atomic E-state index is 12.7.